The Morgan fingerprint density at radius 2 is 2.00 bits per heavy atom. The van der Waals surface area contributed by atoms with Gasteiger partial charge in [-0.2, -0.15) is 0 Å². The van der Waals surface area contributed by atoms with Gasteiger partial charge < -0.3 is 9.84 Å². The summed E-state index contributed by atoms with van der Waals surface area (Å²) >= 11 is 11.9. The summed E-state index contributed by atoms with van der Waals surface area (Å²) in [6.07, 6.45) is 0.897. The summed E-state index contributed by atoms with van der Waals surface area (Å²) in [5.41, 5.74) is 0.622. The maximum atomic E-state index is 9.82. The molecule has 1 aliphatic rings. The Kier molecular flexibility index (Phi) is 2.86. The van der Waals surface area contributed by atoms with Gasteiger partial charge in [-0.05, 0) is 25.0 Å². The van der Waals surface area contributed by atoms with E-state index in [-0.39, 0.29) is 0 Å². The van der Waals surface area contributed by atoms with Crippen LogP contribution in [0.25, 0.3) is 0 Å². The molecule has 4 heteroatoms. The van der Waals surface area contributed by atoms with Gasteiger partial charge in [0.2, 0.25) is 0 Å². The Labute approximate surface area is 92.4 Å². The van der Waals surface area contributed by atoms with Crippen LogP contribution >= 0.6 is 23.2 Å². The third kappa shape index (κ3) is 1.70. The SMILES string of the molecule is O[C@H]1CCCOc2c(Cl)ccc(Cl)c21. The number of fused-ring (bicyclic) bond motifs is 1. The monoisotopic (exact) mass is 232 g/mol. The van der Waals surface area contributed by atoms with Crippen LogP contribution in [0.15, 0.2) is 12.1 Å². The molecule has 1 N–H and O–H groups in total. The van der Waals surface area contributed by atoms with E-state index in [0.717, 1.165) is 6.42 Å². The molecule has 0 saturated heterocycles. The predicted octanol–water partition coefficient (Wildman–Crippen LogP) is 3.20. The topological polar surface area (TPSA) is 29.5 Å². The molecule has 0 bridgehead atoms. The van der Waals surface area contributed by atoms with E-state index in [1.54, 1.807) is 12.1 Å². The van der Waals surface area contributed by atoms with E-state index >= 15 is 0 Å². The number of hydrogen-bond acceptors (Lipinski definition) is 2. The lowest BCUT2D eigenvalue weighted by atomic mass is 10.1. The normalized spacial score (nSPS) is 20.9. The first-order chi connectivity index (χ1) is 6.70. The largest absolute Gasteiger partial charge is 0.492 e. The Balaban J connectivity index is 2.57. The van der Waals surface area contributed by atoms with E-state index in [0.29, 0.717) is 34.4 Å². The smallest absolute Gasteiger partial charge is 0.145 e. The van der Waals surface area contributed by atoms with E-state index in [1.807, 2.05) is 0 Å². The molecule has 0 aromatic heterocycles. The number of aliphatic hydroxyl groups is 1. The Hall–Kier alpha value is -0.440. The summed E-state index contributed by atoms with van der Waals surface area (Å²) in [4.78, 5) is 0. The zero-order valence-electron chi connectivity index (χ0n) is 7.46. The Bertz CT molecular complexity index is 352. The minimum absolute atomic E-state index is 0.505. The zero-order valence-corrected chi connectivity index (χ0v) is 8.98. The first kappa shape index (κ1) is 10.1. The molecule has 1 aliphatic heterocycles. The number of rotatable bonds is 0. The summed E-state index contributed by atoms with van der Waals surface area (Å²) in [7, 11) is 0. The van der Waals surface area contributed by atoms with E-state index in [2.05, 4.69) is 0 Å². The second-order valence-electron chi connectivity index (χ2n) is 3.28. The molecule has 0 spiro atoms. The van der Waals surface area contributed by atoms with Crippen molar-refractivity contribution in [1.29, 1.82) is 0 Å². The highest BCUT2D eigenvalue weighted by molar-refractivity contribution is 6.35. The van der Waals surface area contributed by atoms with E-state index in [9.17, 15) is 5.11 Å². The summed E-state index contributed by atoms with van der Waals surface area (Å²) < 4.78 is 5.45. The lowest BCUT2D eigenvalue weighted by Gasteiger charge is -2.13. The maximum Gasteiger partial charge on any atom is 0.145 e. The van der Waals surface area contributed by atoms with Crippen LogP contribution in [0, 0.1) is 0 Å². The molecular formula is C10H10Cl2O2. The number of halogens is 2. The summed E-state index contributed by atoms with van der Waals surface area (Å²) in [6.45, 7) is 0.574. The first-order valence-corrected chi connectivity index (χ1v) is 5.24. The zero-order chi connectivity index (χ0) is 10.1. The summed E-state index contributed by atoms with van der Waals surface area (Å²) in [5, 5.41) is 10.8. The van der Waals surface area contributed by atoms with Crippen LogP contribution in [-0.4, -0.2) is 11.7 Å². The molecule has 2 nitrogen and oxygen atoms in total. The molecule has 1 heterocycles. The standard InChI is InChI=1S/C10H10Cl2O2/c11-6-3-4-7(12)10-9(6)8(13)2-1-5-14-10/h3-4,8,13H,1-2,5H2/t8-/m0/s1. The molecule has 14 heavy (non-hydrogen) atoms. The van der Waals surface area contributed by atoms with Gasteiger partial charge in [0, 0.05) is 5.56 Å². The van der Waals surface area contributed by atoms with Gasteiger partial charge in [0.15, 0.2) is 0 Å². The van der Waals surface area contributed by atoms with Crippen molar-refractivity contribution in [2.75, 3.05) is 6.61 Å². The molecule has 1 aromatic rings. The molecule has 1 aromatic carbocycles. The fraction of sp³-hybridized carbons (Fsp3) is 0.400. The van der Waals surface area contributed by atoms with Crippen molar-refractivity contribution in [1.82, 2.24) is 0 Å². The molecular weight excluding hydrogens is 223 g/mol. The van der Waals surface area contributed by atoms with Gasteiger partial charge in [-0.3, -0.25) is 0 Å². The minimum atomic E-state index is -0.571. The van der Waals surface area contributed by atoms with Crippen LogP contribution in [0.3, 0.4) is 0 Å². The van der Waals surface area contributed by atoms with Crippen LogP contribution in [-0.2, 0) is 0 Å². The van der Waals surface area contributed by atoms with Crippen molar-refractivity contribution in [3.63, 3.8) is 0 Å². The maximum absolute atomic E-state index is 9.82. The van der Waals surface area contributed by atoms with Crippen molar-refractivity contribution in [3.05, 3.63) is 27.7 Å². The van der Waals surface area contributed by atoms with E-state index in [4.69, 9.17) is 27.9 Å². The molecule has 0 saturated carbocycles. The fourth-order valence-electron chi connectivity index (χ4n) is 1.60. The lowest BCUT2D eigenvalue weighted by molar-refractivity contribution is 0.167. The third-order valence-electron chi connectivity index (χ3n) is 2.30. The third-order valence-corrected chi connectivity index (χ3v) is 2.92. The number of benzene rings is 1. The van der Waals surface area contributed by atoms with Gasteiger partial charge in [-0.1, -0.05) is 23.2 Å². The predicted molar refractivity (Wildman–Crippen MR) is 56.2 cm³/mol. The van der Waals surface area contributed by atoms with Crippen LogP contribution in [0.5, 0.6) is 5.75 Å². The number of ether oxygens (including phenoxy) is 1. The van der Waals surface area contributed by atoms with Gasteiger partial charge in [0.05, 0.1) is 22.8 Å². The van der Waals surface area contributed by atoms with Gasteiger partial charge in [0.25, 0.3) is 0 Å². The van der Waals surface area contributed by atoms with Gasteiger partial charge in [-0.25, -0.2) is 0 Å². The van der Waals surface area contributed by atoms with Crippen molar-refractivity contribution >= 4 is 23.2 Å². The minimum Gasteiger partial charge on any atom is -0.492 e. The molecule has 0 aliphatic carbocycles. The molecule has 1 atom stereocenters. The molecule has 0 radical (unpaired) electrons. The van der Waals surface area contributed by atoms with Gasteiger partial charge in [0.1, 0.15) is 5.75 Å². The molecule has 76 valence electrons. The second-order valence-corrected chi connectivity index (χ2v) is 4.09. The quantitative estimate of drug-likeness (QED) is 0.745. The van der Waals surface area contributed by atoms with Gasteiger partial charge in [-0.15, -0.1) is 0 Å². The van der Waals surface area contributed by atoms with Gasteiger partial charge >= 0.3 is 0 Å². The van der Waals surface area contributed by atoms with Crippen LogP contribution < -0.4 is 4.74 Å². The van der Waals surface area contributed by atoms with Crippen molar-refractivity contribution in [2.24, 2.45) is 0 Å². The number of aliphatic hydroxyl groups excluding tert-OH is 1. The van der Waals surface area contributed by atoms with Crippen LogP contribution in [0.2, 0.25) is 10.0 Å². The summed E-state index contributed by atoms with van der Waals surface area (Å²) in [5.74, 6) is 0.532. The first-order valence-electron chi connectivity index (χ1n) is 4.49. The average molecular weight is 233 g/mol. The Morgan fingerprint density at radius 1 is 1.29 bits per heavy atom. The molecule has 0 amide bonds. The summed E-state index contributed by atoms with van der Waals surface area (Å²) in [6, 6.07) is 3.36. The molecule has 0 fully saturated rings. The van der Waals surface area contributed by atoms with Crippen molar-refractivity contribution in [2.45, 2.75) is 18.9 Å². The van der Waals surface area contributed by atoms with Crippen LogP contribution in [0.1, 0.15) is 24.5 Å². The van der Waals surface area contributed by atoms with Crippen LogP contribution in [0.4, 0.5) is 0 Å². The van der Waals surface area contributed by atoms with Crippen molar-refractivity contribution in [3.8, 4) is 5.75 Å². The molecule has 0 unspecified atom stereocenters. The molecule has 2 rings (SSSR count). The second kappa shape index (κ2) is 3.97. The highest BCUT2D eigenvalue weighted by Crippen LogP contribution is 2.41. The average Bonchev–Trinajstić information content (AvgIpc) is 2.35. The lowest BCUT2D eigenvalue weighted by Crippen LogP contribution is -1.98. The highest BCUT2D eigenvalue weighted by atomic mass is 35.5. The van der Waals surface area contributed by atoms with Crippen molar-refractivity contribution < 1.29 is 9.84 Å². The highest BCUT2D eigenvalue weighted by Gasteiger charge is 2.22. The Morgan fingerprint density at radius 3 is 2.79 bits per heavy atom. The van der Waals surface area contributed by atoms with E-state index < -0.39 is 6.10 Å². The van der Waals surface area contributed by atoms with E-state index in [1.165, 1.54) is 0 Å². The fourth-order valence-corrected chi connectivity index (χ4v) is 2.10. The number of hydrogen-bond donors (Lipinski definition) is 1.